The molecule has 0 spiro atoms. The third kappa shape index (κ3) is 7.03. The Morgan fingerprint density at radius 3 is 1.81 bits per heavy atom. The lowest BCUT2D eigenvalue weighted by Gasteiger charge is -2.47. The number of carboxylic acids is 2. The van der Waals surface area contributed by atoms with E-state index in [2.05, 4.69) is 0 Å². The molecule has 0 fully saturated rings. The third-order valence-corrected chi connectivity index (χ3v) is 4.29. The second-order valence-electron chi connectivity index (χ2n) is 6.37. The molecular weight excluding hydrogens is 356 g/mol. The smallest absolute Gasteiger partial charge is 0.344 e. The van der Waals surface area contributed by atoms with Crippen LogP contribution < -0.4 is 0 Å². The number of aliphatic carboxylic acids is 2. The van der Waals surface area contributed by atoms with Gasteiger partial charge in [-0.15, -0.1) is 0 Å². The second kappa shape index (κ2) is 13.0. The summed E-state index contributed by atoms with van der Waals surface area (Å²) in [5, 5.41) is 19.6. The van der Waals surface area contributed by atoms with Gasteiger partial charge >= 0.3 is 11.9 Å². The van der Waals surface area contributed by atoms with Crippen molar-refractivity contribution in [2.45, 2.75) is 84.2 Å². The summed E-state index contributed by atoms with van der Waals surface area (Å²) in [6.07, 6.45) is 1.07. The van der Waals surface area contributed by atoms with Gasteiger partial charge in [-0.25, -0.2) is 4.79 Å². The van der Waals surface area contributed by atoms with Crippen molar-refractivity contribution in [1.29, 1.82) is 0 Å². The molecule has 0 aliphatic rings. The molecule has 0 aliphatic carbocycles. The third-order valence-electron chi connectivity index (χ3n) is 4.29. The highest BCUT2D eigenvalue weighted by atomic mass is 16.7. The summed E-state index contributed by atoms with van der Waals surface area (Å²) >= 11 is 0. The number of rotatable bonds is 17. The summed E-state index contributed by atoms with van der Waals surface area (Å²) in [6, 6.07) is 0. The molecular formula is C19H36O8. The monoisotopic (exact) mass is 392 g/mol. The van der Waals surface area contributed by atoms with Gasteiger partial charge in [0.05, 0.1) is 6.42 Å². The van der Waals surface area contributed by atoms with Gasteiger partial charge in [0, 0.05) is 26.4 Å². The van der Waals surface area contributed by atoms with E-state index in [1.807, 2.05) is 13.8 Å². The van der Waals surface area contributed by atoms with Gasteiger partial charge in [-0.3, -0.25) is 4.79 Å². The van der Waals surface area contributed by atoms with E-state index in [0.717, 1.165) is 12.8 Å². The Balaban J connectivity index is 6.23. The van der Waals surface area contributed by atoms with E-state index in [4.69, 9.17) is 18.9 Å². The Labute approximate surface area is 162 Å². The number of hydrogen-bond acceptors (Lipinski definition) is 6. The van der Waals surface area contributed by atoms with Crippen molar-refractivity contribution < 1.29 is 38.7 Å². The van der Waals surface area contributed by atoms with Crippen molar-refractivity contribution in [3.63, 3.8) is 0 Å². The fourth-order valence-electron chi connectivity index (χ4n) is 2.94. The van der Waals surface area contributed by atoms with Crippen molar-refractivity contribution in [2.24, 2.45) is 0 Å². The molecule has 2 unspecified atom stereocenters. The first-order valence-electron chi connectivity index (χ1n) is 9.74. The summed E-state index contributed by atoms with van der Waals surface area (Å²) in [5.41, 5.74) is -2.12. The van der Waals surface area contributed by atoms with E-state index >= 15 is 0 Å². The molecule has 0 bridgehead atoms. The normalized spacial score (nSPS) is 15.3. The predicted octanol–water partition coefficient (Wildman–Crippen LogP) is 3.08. The first kappa shape index (κ1) is 25.8. The van der Waals surface area contributed by atoms with Gasteiger partial charge in [-0.1, -0.05) is 26.7 Å². The van der Waals surface area contributed by atoms with E-state index < -0.39 is 35.9 Å². The lowest BCUT2D eigenvalue weighted by atomic mass is 9.84. The van der Waals surface area contributed by atoms with E-state index in [1.54, 1.807) is 13.8 Å². The molecule has 0 amide bonds. The van der Waals surface area contributed by atoms with Crippen LogP contribution in [0.3, 0.4) is 0 Å². The van der Waals surface area contributed by atoms with Crippen LogP contribution in [0.15, 0.2) is 0 Å². The molecule has 0 heterocycles. The Morgan fingerprint density at radius 1 is 0.889 bits per heavy atom. The van der Waals surface area contributed by atoms with Crippen molar-refractivity contribution in [1.82, 2.24) is 0 Å². The van der Waals surface area contributed by atoms with Gasteiger partial charge in [0.25, 0.3) is 0 Å². The molecule has 8 heteroatoms. The van der Waals surface area contributed by atoms with E-state index in [0.29, 0.717) is 12.8 Å². The van der Waals surface area contributed by atoms with Gasteiger partial charge in [0.1, 0.15) is 6.10 Å². The van der Waals surface area contributed by atoms with E-state index in [1.165, 1.54) is 6.92 Å². The minimum atomic E-state index is -2.12. The maximum atomic E-state index is 12.5. The van der Waals surface area contributed by atoms with Gasteiger partial charge in [0.15, 0.2) is 0 Å². The van der Waals surface area contributed by atoms with Crippen LogP contribution in [0.4, 0.5) is 0 Å². The zero-order chi connectivity index (χ0) is 20.9. The molecule has 27 heavy (non-hydrogen) atoms. The molecule has 0 saturated heterocycles. The number of carboxylic acid groups (broad SMARTS) is 2. The number of carbonyl (C=O) groups is 2. The zero-order valence-corrected chi connectivity index (χ0v) is 17.3. The summed E-state index contributed by atoms with van der Waals surface area (Å²) in [6.45, 7) is 9.46. The summed E-state index contributed by atoms with van der Waals surface area (Å²) in [5.74, 6) is -4.27. The highest BCUT2D eigenvalue weighted by molar-refractivity contribution is 5.81. The average Bonchev–Trinajstić information content (AvgIpc) is 2.58. The Bertz CT molecular complexity index is 433. The number of ether oxygens (including phenoxy) is 4. The Hall–Kier alpha value is -1.22. The lowest BCUT2D eigenvalue weighted by molar-refractivity contribution is -0.337. The minimum Gasteiger partial charge on any atom is -0.481 e. The maximum Gasteiger partial charge on any atom is 0.344 e. The van der Waals surface area contributed by atoms with Gasteiger partial charge in [0.2, 0.25) is 11.4 Å². The molecule has 160 valence electrons. The summed E-state index contributed by atoms with van der Waals surface area (Å²) in [7, 11) is 0. The Morgan fingerprint density at radius 2 is 1.41 bits per heavy atom. The summed E-state index contributed by atoms with van der Waals surface area (Å²) < 4.78 is 23.0. The van der Waals surface area contributed by atoms with Crippen LogP contribution in [0.1, 0.15) is 66.7 Å². The first-order chi connectivity index (χ1) is 12.8. The van der Waals surface area contributed by atoms with Crippen LogP contribution in [0, 0.1) is 0 Å². The maximum absolute atomic E-state index is 12.5. The molecule has 0 radical (unpaired) electrons. The Kier molecular flexibility index (Phi) is 12.5. The van der Waals surface area contributed by atoms with E-state index in [9.17, 15) is 19.8 Å². The van der Waals surface area contributed by atoms with Crippen molar-refractivity contribution in [2.75, 3.05) is 26.4 Å². The first-order valence-corrected chi connectivity index (χ1v) is 9.74. The van der Waals surface area contributed by atoms with Gasteiger partial charge in [-0.2, -0.15) is 0 Å². The van der Waals surface area contributed by atoms with Crippen LogP contribution in [0.2, 0.25) is 0 Å². The zero-order valence-electron chi connectivity index (χ0n) is 17.3. The minimum absolute atomic E-state index is 0.117. The van der Waals surface area contributed by atoms with Gasteiger partial charge in [-0.05, 0) is 33.6 Å². The van der Waals surface area contributed by atoms with Gasteiger partial charge < -0.3 is 29.2 Å². The SMILES string of the molecule is CCCCOC(CC(=O)O)C(OCCCC)(C(=O)O)C(C)(OCC)OCC. The van der Waals surface area contributed by atoms with Crippen molar-refractivity contribution >= 4 is 11.9 Å². The van der Waals surface area contributed by atoms with Crippen LogP contribution in [0.5, 0.6) is 0 Å². The fraction of sp³-hybridized carbons (Fsp3) is 0.895. The standard InChI is InChI=1S/C19H36O8/c1-6-10-12-24-15(14-16(20)21)19(17(22)23,27-13-11-7-2)18(5,25-8-3)26-9-4/h15H,6-14H2,1-5H3,(H,20,21)(H,22,23). The quantitative estimate of drug-likeness (QED) is 0.287. The highest BCUT2D eigenvalue weighted by Crippen LogP contribution is 2.38. The molecule has 2 atom stereocenters. The molecule has 0 rings (SSSR count). The van der Waals surface area contributed by atoms with Crippen molar-refractivity contribution in [3.05, 3.63) is 0 Å². The molecule has 0 aromatic carbocycles. The number of unbranched alkanes of at least 4 members (excludes halogenated alkanes) is 2. The molecule has 0 aliphatic heterocycles. The fourth-order valence-corrected chi connectivity index (χ4v) is 2.94. The van der Waals surface area contributed by atoms with Crippen LogP contribution >= 0.6 is 0 Å². The largest absolute Gasteiger partial charge is 0.481 e. The second-order valence-corrected chi connectivity index (χ2v) is 6.37. The van der Waals surface area contributed by atoms with E-state index in [-0.39, 0.29) is 26.4 Å². The number of hydrogen-bond donors (Lipinski definition) is 2. The molecule has 0 aromatic rings. The molecule has 0 aromatic heterocycles. The van der Waals surface area contributed by atoms with Crippen LogP contribution in [-0.4, -0.2) is 66.1 Å². The highest BCUT2D eigenvalue weighted by Gasteiger charge is 2.64. The lowest BCUT2D eigenvalue weighted by Crippen LogP contribution is -2.69. The average molecular weight is 392 g/mol. The van der Waals surface area contributed by atoms with Crippen LogP contribution in [-0.2, 0) is 28.5 Å². The predicted molar refractivity (Wildman–Crippen MR) is 99.8 cm³/mol. The molecule has 0 saturated carbocycles. The molecule has 8 nitrogen and oxygen atoms in total. The topological polar surface area (TPSA) is 112 Å². The summed E-state index contributed by atoms with van der Waals surface area (Å²) in [4.78, 5) is 24.0. The van der Waals surface area contributed by atoms with Crippen molar-refractivity contribution in [3.8, 4) is 0 Å². The molecule has 2 N–H and O–H groups in total. The van der Waals surface area contributed by atoms with Crippen LogP contribution in [0.25, 0.3) is 0 Å².